The van der Waals surface area contributed by atoms with Crippen LogP contribution in [-0.4, -0.2) is 85.6 Å². The summed E-state index contributed by atoms with van der Waals surface area (Å²) < 4.78 is 16.4. The van der Waals surface area contributed by atoms with Gasteiger partial charge in [0.25, 0.3) is 5.91 Å². The standard InChI is InChI=1S/C17H22N2O5/c20-14-11-19(10-13(14)18-3-5-22-6-4-18)17(21)12-1-2-15-16(9-12)24-8-7-23-15/h1-2,9,13-14,20H,3-8,10-11H2/t13-,14-/m1/s1. The molecule has 24 heavy (non-hydrogen) atoms. The van der Waals surface area contributed by atoms with E-state index < -0.39 is 6.10 Å². The first kappa shape index (κ1) is 15.7. The van der Waals surface area contributed by atoms with Gasteiger partial charge < -0.3 is 24.2 Å². The van der Waals surface area contributed by atoms with Crippen LogP contribution in [0.1, 0.15) is 10.4 Å². The van der Waals surface area contributed by atoms with Gasteiger partial charge in [0.2, 0.25) is 0 Å². The number of aliphatic hydroxyl groups excluding tert-OH is 1. The zero-order chi connectivity index (χ0) is 16.5. The Hall–Kier alpha value is -1.83. The van der Waals surface area contributed by atoms with Crippen molar-refractivity contribution in [3.8, 4) is 11.5 Å². The molecule has 0 saturated carbocycles. The fourth-order valence-corrected chi connectivity index (χ4v) is 3.56. The monoisotopic (exact) mass is 334 g/mol. The average Bonchev–Trinajstić information content (AvgIpc) is 3.03. The summed E-state index contributed by atoms with van der Waals surface area (Å²) >= 11 is 0. The number of carbonyl (C=O) groups excluding carboxylic acids is 1. The second-order valence-corrected chi connectivity index (χ2v) is 6.35. The molecule has 0 aromatic heterocycles. The maximum absolute atomic E-state index is 12.8. The van der Waals surface area contributed by atoms with Crippen molar-refractivity contribution >= 4 is 5.91 Å². The van der Waals surface area contributed by atoms with Crippen LogP contribution in [0.5, 0.6) is 11.5 Å². The summed E-state index contributed by atoms with van der Waals surface area (Å²) in [5, 5.41) is 10.4. The maximum atomic E-state index is 12.8. The Morgan fingerprint density at radius 2 is 1.79 bits per heavy atom. The number of nitrogens with zero attached hydrogens (tertiary/aromatic N) is 2. The van der Waals surface area contributed by atoms with Crippen molar-refractivity contribution in [1.29, 1.82) is 0 Å². The van der Waals surface area contributed by atoms with Crippen molar-refractivity contribution in [3.63, 3.8) is 0 Å². The number of benzene rings is 1. The summed E-state index contributed by atoms with van der Waals surface area (Å²) in [4.78, 5) is 16.7. The Bertz CT molecular complexity index is 617. The third-order valence-corrected chi connectivity index (χ3v) is 4.85. The smallest absolute Gasteiger partial charge is 0.254 e. The largest absolute Gasteiger partial charge is 0.486 e. The first-order valence-corrected chi connectivity index (χ1v) is 8.41. The third-order valence-electron chi connectivity index (χ3n) is 4.85. The quantitative estimate of drug-likeness (QED) is 0.819. The molecule has 0 radical (unpaired) electrons. The number of carbonyl (C=O) groups is 1. The molecule has 7 nitrogen and oxygen atoms in total. The van der Waals surface area contributed by atoms with Crippen LogP contribution in [0.15, 0.2) is 18.2 Å². The molecule has 0 aliphatic carbocycles. The molecule has 2 saturated heterocycles. The van der Waals surface area contributed by atoms with Gasteiger partial charge in [-0.3, -0.25) is 9.69 Å². The minimum Gasteiger partial charge on any atom is -0.486 e. The van der Waals surface area contributed by atoms with Crippen molar-refractivity contribution in [1.82, 2.24) is 9.80 Å². The fraction of sp³-hybridized carbons (Fsp3) is 0.588. The zero-order valence-corrected chi connectivity index (χ0v) is 13.5. The van der Waals surface area contributed by atoms with Gasteiger partial charge >= 0.3 is 0 Å². The third kappa shape index (κ3) is 2.94. The molecule has 2 atom stereocenters. The number of hydrogen-bond donors (Lipinski definition) is 1. The summed E-state index contributed by atoms with van der Waals surface area (Å²) in [5.41, 5.74) is 0.564. The van der Waals surface area contributed by atoms with Crippen LogP contribution in [0.25, 0.3) is 0 Å². The maximum Gasteiger partial charge on any atom is 0.254 e. The van der Waals surface area contributed by atoms with Gasteiger partial charge in [0.1, 0.15) is 13.2 Å². The lowest BCUT2D eigenvalue weighted by atomic mass is 10.1. The van der Waals surface area contributed by atoms with E-state index in [0.29, 0.717) is 56.6 Å². The van der Waals surface area contributed by atoms with Crippen LogP contribution < -0.4 is 9.47 Å². The van der Waals surface area contributed by atoms with E-state index in [1.807, 2.05) is 0 Å². The number of fused-ring (bicyclic) bond motifs is 1. The fourth-order valence-electron chi connectivity index (χ4n) is 3.56. The molecule has 7 heteroatoms. The average molecular weight is 334 g/mol. The molecule has 0 bridgehead atoms. The predicted octanol–water partition coefficient (Wildman–Crippen LogP) is -0.0247. The lowest BCUT2D eigenvalue weighted by Crippen LogP contribution is -2.49. The van der Waals surface area contributed by atoms with Crippen LogP contribution in [0.2, 0.25) is 0 Å². The first-order chi connectivity index (χ1) is 11.7. The van der Waals surface area contributed by atoms with Gasteiger partial charge in [-0.2, -0.15) is 0 Å². The zero-order valence-electron chi connectivity index (χ0n) is 13.5. The molecule has 130 valence electrons. The topological polar surface area (TPSA) is 71.5 Å². The Kier molecular flexibility index (Phi) is 4.30. The lowest BCUT2D eigenvalue weighted by molar-refractivity contribution is -0.00611. The Morgan fingerprint density at radius 1 is 1.04 bits per heavy atom. The molecular formula is C17H22N2O5. The molecule has 0 spiro atoms. The number of aliphatic hydroxyl groups is 1. The van der Waals surface area contributed by atoms with Crippen molar-refractivity contribution < 1.29 is 24.1 Å². The van der Waals surface area contributed by atoms with Crippen LogP contribution in [-0.2, 0) is 4.74 Å². The highest BCUT2D eigenvalue weighted by Gasteiger charge is 2.38. The Balaban J connectivity index is 1.47. The van der Waals surface area contributed by atoms with Gasteiger partial charge in [-0.15, -0.1) is 0 Å². The predicted molar refractivity (Wildman–Crippen MR) is 85.5 cm³/mol. The number of hydrogen-bond acceptors (Lipinski definition) is 6. The van der Waals surface area contributed by atoms with Crippen molar-refractivity contribution in [2.75, 3.05) is 52.6 Å². The summed E-state index contributed by atoms with van der Waals surface area (Å²) in [6.07, 6.45) is -0.524. The van der Waals surface area contributed by atoms with Gasteiger partial charge in [0.15, 0.2) is 11.5 Å². The van der Waals surface area contributed by atoms with Crippen LogP contribution in [0.4, 0.5) is 0 Å². The molecule has 1 N–H and O–H groups in total. The summed E-state index contributed by atoms with van der Waals surface area (Å²) in [5.74, 6) is 1.20. The van der Waals surface area contributed by atoms with Gasteiger partial charge in [-0.05, 0) is 18.2 Å². The van der Waals surface area contributed by atoms with Crippen LogP contribution >= 0.6 is 0 Å². The molecule has 1 aromatic carbocycles. The van der Waals surface area contributed by atoms with Crippen molar-refractivity contribution in [2.24, 2.45) is 0 Å². The lowest BCUT2D eigenvalue weighted by Gasteiger charge is -2.33. The van der Waals surface area contributed by atoms with Gasteiger partial charge in [0, 0.05) is 31.7 Å². The van der Waals surface area contributed by atoms with E-state index in [1.165, 1.54) is 0 Å². The highest BCUT2D eigenvalue weighted by Crippen LogP contribution is 2.31. The Morgan fingerprint density at radius 3 is 2.58 bits per heavy atom. The summed E-state index contributed by atoms with van der Waals surface area (Å²) in [6.45, 7) is 4.87. The van der Waals surface area contributed by atoms with E-state index in [9.17, 15) is 9.90 Å². The highest BCUT2D eigenvalue weighted by atomic mass is 16.6. The SMILES string of the molecule is O=C(c1ccc2c(c1)OCCO2)N1C[C@@H](O)[C@H](N2CCOCC2)C1. The van der Waals surface area contributed by atoms with Gasteiger partial charge in [0.05, 0.1) is 25.4 Å². The second-order valence-electron chi connectivity index (χ2n) is 6.35. The molecule has 2 fully saturated rings. The number of morpholine rings is 1. The molecule has 3 heterocycles. The van der Waals surface area contributed by atoms with Crippen molar-refractivity contribution in [2.45, 2.75) is 12.1 Å². The summed E-state index contributed by atoms with van der Waals surface area (Å²) in [6, 6.07) is 5.23. The van der Waals surface area contributed by atoms with Gasteiger partial charge in [-0.1, -0.05) is 0 Å². The molecule has 1 aromatic rings. The van der Waals surface area contributed by atoms with Crippen LogP contribution in [0.3, 0.4) is 0 Å². The van der Waals surface area contributed by atoms with E-state index >= 15 is 0 Å². The van der Waals surface area contributed by atoms with E-state index in [0.717, 1.165) is 13.1 Å². The molecular weight excluding hydrogens is 312 g/mol. The van der Waals surface area contributed by atoms with E-state index in [-0.39, 0.29) is 11.9 Å². The molecule has 4 rings (SSSR count). The number of amides is 1. The molecule has 3 aliphatic rings. The number of β-amino-alcohol motifs (C(OH)–C–C–N with tert-alkyl or cyclic N) is 1. The molecule has 3 aliphatic heterocycles. The Labute approximate surface area is 140 Å². The number of ether oxygens (including phenoxy) is 3. The first-order valence-electron chi connectivity index (χ1n) is 8.41. The van der Waals surface area contributed by atoms with Crippen molar-refractivity contribution in [3.05, 3.63) is 23.8 Å². The van der Waals surface area contributed by atoms with E-state index in [1.54, 1.807) is 23.1 Å². The second kappa shape index (κ2) is 6.58. The number of likely N-dealkylation sites (tertiary alicyclic amines) is 1. The number of rotatable bonds is 2. The van der Waals surface area contributed by atoms with Crippen LogP contribution in [0, 0.1) is 0 Å². The van der Waals surface area contributed by atoms with E-state index in [4.69, 9.17) is 14.2 Å². The molecule has 1 amide bonds. The van der Waals surface area contributed by atoms with E-state index in [2.05, 4.69) is 4.90 Å². The minimum atomic E-state index is -0.524. The minimum absolute atomic E-state index is 0.0185. The molecule has 0 unspecified atom stereocenters. The normalized spacial score (nSPS) is 27.3. The highest BCUT2D eigenvalue weighted by molar-refractivity contribution is 5.95. The van der Waals surface area contributed by atoms with Gasteiger partial charge in [-0.25, -0.2) is 0 Å². The summed E-state index contributed by atoms with van der Waals surface area (Å²) in [7, 11) is 0.